The van der Waals surface area contributed by atoms with Crippen LogP contribution in [0, 0.1) is 5.92 Å². The maximum absolute atomic E-state index is 13.2. The van der Waals surface area contributed by atoms with Crippen molar-refractivity contribution in [2.75, 3.05) is 27.2 Å². The molecule has 1 saturated heterocycles. The van der Waals surface area contributed by atoms with E-state index in [9.17, 15) is 9.59 Å². The van der Waals surface area contributed by atoms with Crippen LogP contribution in [0.3, 0.4) is 0 Å². The Labute approximate surface area is 180 Å². The highest BCUT2D eigenvalue weighted by molar-refractivity contribution is 5.92. The minimum absolute atomic E-state index is 0.100. The predicted octanol–water partition coefficient (Wildman–Crippen LogP) is 1.75. The van der Waals surface area contributed by atoms with E-state index in [1.54, 1.807) is 10.9 Å². The second kappa shape index (κ2) is 7.77. The van der Waals surface area contributed by atoms with Crippen molar-refractivity contribution in [3.05, 3.63) is 76.0 Å². The Balaban J connectivity index is 1.37. The van der Waals surface area contributed by atoms with E-state index in [0.717, 1.165) is 23.4 Å². The Bertz CT molecular complexity index is 1170. The fourth-order valence-corrected chi connectivity index (χ4v) is 4.85. The van der Waals surface area contributed by atoms with Crippen molar-refractivity contribution in [3.8, 4) is 5.69 Å². The minimum atomic E-state index is -0.100. The van der Waals surface area contributed by atoms with Crippen LogP contribution >= 0.6 is 0 Å². The highest BCUT2D eigenvalue weighted by Gasteiger charge is 2.37. The van der Waals surface area contributed by atoms with Crippen LogP contribution in [0.15, 0.2) is 53.5 Å². The van der Waals surface area contributed by atoms with Gasteiger partial charge in [-0.15, -0.1) is 5.10 Å². The van der Waals surface area contributed by atoms with Gasteiger partial charge in [0, 0.05) is 43.4 Å². The van der Waals surface area contributed by atoms with Gasteiger partial charge in [-0.2, -0.15) is 0 Å². The summed E-state index contributed by atoms with van der Waals surface area (Å²) >= 11 is 0. The summed E-state index contributed by atoms with van der Waals surface area (Å²) in [6.45, 7) is 2.53. The number of rotatable bonds is 4. The van der Waals surface area contributed by atoms with Crippen molar-refractivity contribution in [2.24, 2.45) is 5.92 Å². The first-order valence-corrected chi connectivity index (χ1v) is 10.6. The number of pyridine rings is 1. The van der Waals surface area contributed by atoms with Gasteiger partial charge in [0.1, 0.15) is 0 Å². The first kappa shape index (κ1) is 19.7. The summed E-state index contributed by atoms with van der Waals surface area (Å²) < 4.78 is 3.56. The van der Waals surface area contributed by atoms with Crippen LogP contribution in [0.25, 0.3) is 5.69 Å². The van der Waals surface area contributed by atoms with Crippen molar-refractivity contribution >= 4 is 5.91 Å². The number of carbonyl (C=O) groups is 1. The quantitative estimate of drug-likeness (QED) is 0.645. The van der Waals surface area contributed by atoms with Crippen LogP contribution in [0.1, 0.15) is 34.1 Å². The lowest BCUT2D eigenvalue weighted by Crippen LogP contribution is -2.49. The maximum Gasteiger partial charge on any atom is 0.276 e. The van der Waals surface area contributed by atoms with Gasteiger partial charge in [-0.25, -0.2) is 4.68 Å². The zero-order chi connectivity index (χ0) is 21.5. The second-order valence-corrected chi connectivity index (χ2v) is 8.83. The van der Waals surface area contributed by atoms with Crippen molar-refractivity contribution in [3.63, 3.8) is 0 Å². The summed E-state index contributed by atoms with van der Waals surface area (Å²) in [5.41, 5.74) is 3.17. The summed E-state index contributed by atoms with van der Waals surface area (Å²) in [5, 5.41) is 8.25. The van der Waals surface area contributed by atoms with Crippen molar-refractivity contribution in [1.29, 1.82) is 0 Å². The molecule has 3 aromatic rings. The van der Waals surface area contributed by atoms with Crippen molar-refractivity contribution in [1.82, 2.24) is 29.4 Å². The molecule has 2 aromatic heterocycles. The van der Waals surface area contributed by atoms with Crippen LogP contribution in [-0.4, -0.2) is 62.5 Å². The SMILES string of the molecule is CN(C)Cc1ccc2n(c1=O)C[C@H]1C[C@@H]2CN(C(=O)c2cn(-c3ccccc3)nn2)C1. The van der Waals surface area contributed by atoms with E-state index in [1.165, 1.54) is 0 Å². The van der Waals surface area contributed by atoms with Gasteiger partial charge in [0.25, 0.3) is 11.5 Å². The molecule has 1 fully saturated rings. The van der Waals surface area contributed by atoms with Gasteiger partial charge in [0.2, 0.25) is 0 Å². The van der Waals surface area contributed by atoms with Gasteiger partial charge in [-0.3, -0.25) is 9.59 Å². The number of piperidine rings is 1. The number of benzene rings is 1. The van der Waals surface area contributed by atoms with E-state index in [-0.39, 0.29) is 23.3 Å². The molecule has 2 atom stereocenters. The molecule has 31 heavy (non-hydrogen) atoms. The van der Waals surface area contributed by atoms with Crippen LogP contribution in [0.4, 0.5) is 0 Å². The average molecular weight is 419 g/mol. The molecule has 0 spiro atoms. The number of likely N-dealkylation sites (tertiary alicyclic amines) is 1. The molecule has 8 nitrogen and oxygen atoms in total. The molecule has 0 aliphatic carbocycles. The molecule has 0 unspecified atom stereocenters. The lowest BCUT2D eigenvalue weighted by molar-refractivity contribution is 0.0588. The summed E-state index contributed by atoms with van der Waals surface area (Å²) in [5.74, 6) is 0.338. The van der Waals surface area contributed by atoms with Crippen LogP contribution in [0.2, 0.25) is 0 Å². The van der Waals surface area contributed by atoms with Gasteiger partial charge >= 0.3 is 0 Å². The lowest BCUT2D eigenvalue weighted by atomic mass is 9.83. The summed E-state index contributed by atoms with van der Waals surface area (Å²) in [6, 6.07) is 13.6. The van der Waals surface area contributed by atoms with E-state index >= 15 is 0 Å². The molecule has 0 saturated carbocycles. The van der Waals surface area contributed by atoms with Gasteiger partial charge in [0.15, 0.2) is 5.69 Å². The lowest BCUT2D eigenvalue weighted by Gasteiger charge is -2.42. The predicted molar refractivity (Wildman–Crippen MR) is 116 cm³/mol. The molecule has 8 heteroatoms. The van der Waals surface area contributed by atoms with Gasteiger partial charge in [-0.05, 0) is 44.6 Å². The third-order valence-corrected chi connectivity index (χ3v) is 6.19. The zero-order valence-electron chi connectivity index (χ0n) is 17.8. The Kier molecular flexibility index (Phi) is 4.94. The molecule has 2 aliphatic rings. The highest BCUT2D eigenvalue weighted by atomic mass is 16.2. The number of para-hydroxylation sites is 1. The fraction of sp³-hybridized carbons (Fsp3) is 0.391. The maximum atomic E-state index is 13.2. The number of aromatic nitrogens is 4. The summed E-state index contributed by atoms with van der Waals surface area (Å²) in [6.07, 6.45) is 2.70. The number of nitrogens with zero attached hydrogens (tertiary/aromatic N) is 6. The highest BCUT2D eigenvalue weighted by Crippen LogP contribution is 2.35. The number of hydrogen-bond acceptors (Lipinski definition) is 5. The van der Waals surface area contributed by atoms with E-state index < -0.39 is 0 Å². The summed E-state index contributed by atoms with van der Waals surface area (Å²) in [7, 11) is 3.94. The third-order valence-electron chi connectivity index (χ3n) is 6.19. The summed E-state index contributed by atoms with van der Waals surface area (Å²) in [4.78, 5) is 30.0. The van der Waals surface area contributed by atoms with E-state index in [2.05, 4.69) is 16.4 Å². The topological polar surface area (TPSA) is 76.3 Å². The molecular formula is C23H26N6O2. The minimum Gasteiger partial charge on any atom is -0.336 e. The molecule has 0 N–H and O–H groups in total. The largest absolute Gasteiger partial charge is 0.336 e. The average Bonchev–Trinajstić information content (AvgIpc) is 3.26. The molecule has 2 aliphatic heterocycles. The fourth-order valence-electron chi connectivity index (χ4n) is 4.85. The first-order chi connectivity index (χ1) is 15.0. The number of hydrogen-bond donors (Lipinski definition) is 0. The van der Waals surface area contributed by atoms with E-state index in [4.69, 9.17) is 0 Å². The van der Waals surface area contributed by atoms with Crippen LogP contribution in [0.5, 0.6) is 0 Å². The second-order valence-electron chi connectivity index (χ2n) is 8.83. The Morgan fingerprint density at radius 3 is 2.68 bits per heavy atom. The monoisotopic (exact) mass is 418 g/mol. The van der Waals surface area contributed by atoms with Gasteiger partial charge < -0.3 is 14.4 Å². The molecule has 1 amide bonds. The first-order valence-electron chi connectivity index (χ1n) is 10.6. The normalized spacial score (nSPS) is 20.0. The molecule has 0 radical (unpaired) electrons. The van der Waals surface area contributed by atoms with E-state index in [1.807, 2.05) is 64.9 Å². The van der Waals surface area contributed by atoms with Crippen molar-refractivity contribution in [2.45, 2.75) is 25.4 Å². The number of carbonyl (C=O) groups excluding carboxylic acids is 1. The molecule has 5 rings (SSSR count). The Morgan fingerprint density at radius 1 is 1.10 bits per heavy atom. The molecule has 1 aromatic carbocycles. The standard InChI is InChI=1S/C23H26N6O2/c1-26(2)13-17-8-9-21-18-10-16(12-28(21)22(17)30)11-27(14-18)23(31)20-15-29(25-24-20)19-6-4-3-5-7-19/h3-9,15-16,18H,10-14H2,1-2H3/t16-,18+/m0/s1. The number of fused-ring (bicyclic) bond motifs is 4. The van der Waals surface area contributed by atoms with Gasteiger partial charge in [0.05, 0.1) is 11.9 Å². The van der Waals surface area contributed by atoms with Crippen LogP contribution < -0.4 is 5.56 Å². The molecule has 4 heterocycles. The Hall–Kier alpha value is -3.26. The molecular weight excluding hydrogens is 392 g/mol. The van der Waals surface area contributed by atoms with Gasteiger partial charge in [-0.1, -0.05) is 29.5 Å². The third kappa shape index (κ3) is 3.67. The Morgan fingerprint density at radius 2 is 1.90 bits per heavy atom. The van der Waals surface area contributed by atoms with Crippen molar-refractivity contribution < 1.29 is 4.79 Å². The number of amides is 1. The molecule has 160 valence electrons. The molecule has 2 bridgehead atoms. The van der Waals surface area contributed by atoms with Crippen LogP contribution in [-0.2, 0) is 13.1 Å². The zero-order valence-corrected chi connectivity index (χ0v) is 17.8. The smallest absolute Gasteiger partial charge is 0.276 e. The van der Waals surface area contributed by atoms with E-state index in [0.29, 0.717) is 31.9 Å².